The zero-order valence-electron chi connectivity index (χ0n) is 16.1. The Kier molecular flexibility index (Phi) is 5.32. The third-order valence-electron chi connectivity index (χ3n) is 6.78. The van der Waals surface area contributed by atoms with Crippen LogP contribution in [0.2, 0.25) is 0 Å². The summed E-state index contributed by atoms with van der Waals surface area (Å²) in [5.41, 5.74) is 2.74. The van der Waals surface area contributed by atoms with E-state index < -0.39 is 0 Å². The SMILES string of the molecule is COCC(=O)NC[C@H]1C[C@@H]2CCN1C[C@H]2c1cc(C2CCCC2)nn1C. The lowest BCUT2D eigenvalue weighted by molar-refractivity contribution is -0.125. The largest absolute Gasteiger partial charge is 0.375 e. The highest BCUT2D eigenvalue weighted by Gasteiger charge is 2.42. The molecule has 4 aliphatic rings. The number of fused-ring (bicyclic) bond motifs is 3. The molecule has 6 nitrogen and oxygen atoms in total. The molecule has 0 aromatic carbocycles. The Hall–Kier alpha value is -1.40. The molecule has 1 aromatic heterocycles. The molecule has 1 aliphatic carbocycles. The van der Waals surface area contributed by atoms with Gasteiger partial charge in [0.15, 0.2) is 0 Å². The van der Waals surface area contributed by atoms with Crippen molar-refractivity contribution >= 4 is 5.91 Å². The summed E-state index contributed by atoms with van der Waals surface area (Å²) in [5, 5.41) is 7.90. The van der Waals surface area contributed by atoms with Gasteiger partial charge in [-0.15, -0.1) is 0 Å². The topological polar surface area (TPSA) is 59.4 Å². The number of nitrogens with one attached hydrogen (secondary N) is 1. The highest BCUT2D eigenvalue weighted by atomic mass is 16.5. The number of carbonyl (C=O) groups excluding carboxylic acids is 1. The van der Waals surface area contributed by atoms with Crippen molar-refractivity contribution in [3.63, 3.8) is 0 Å². The standard InChI is InChI=1S/C20H32N4O2/c1-23-19(10-18(22-23)14-5-3-4-6-14)17-12-24-8-7-15(17)9-16(24)11-21-20(25)13-26-2/h10,14-17H,3-9,11-13H2,1-2H3,(H,21,25)/t15-,16+,17+/m0/s1. The zero-order valence-corrected chi connectivity index (χ0v) is 16.1. The van der Waals surface area contributed by atoms with Gasteiger partial charge in [0.25, 0.3) is 0 Å². The minimum Gasteiger partial charge on any atom is -0.375 e. The van der Waals surface area contributed by atoms with Crippen LogP contribution < -0.4 is 5.32 Å². The van der Waals surface area contributed by atoms with Crippen LogP contribution in [0.4, 0.5) is 0 Å². The average Bonchev–Trinajstić information content (AvgIpc) is 3.30. The highest BCUT2D eigenvalue weighted by Crippen LogP contribution is 2.43. The Morgan fingerprint density at radius 3 is 2.85 bits per heavy atom. The molecule has 5 rings (SSSR count). The quantitative estimate of drug-likeness (QED) is 0.843. The molecule has 1 saturated carbocycles. The van der Waals surface area contributed by atoms with Crippen LogP contribution in [-0.2, 0) is 16.6 Å². The number of amides is 1. The Morgan fingerprint density at radius 1 is 1.35 bits per heavy atom. The van der Waals surface area contributed by atoms with Crippen LogP contribution >= 0.6 is 0 Å². The minimum atomic E-state index is -0.0143. The Morgan fingerprint density at radius 2 is 2.15 bits per heavy atom. The number of aromatic nitrogens is 2. The summed E-state index contributed by atoms with van der Waals surface area (Å²) in [6.45, 7) is 3.14. The van der Waals surface area contributed by atoms with E-state index in [2.05, 4.69) is 28.0 Å². The van der Waals surface area contributed by atoms with E-state index in [-0.39, 0.29) is 12.5 Å². The average molecular weight is 361 g/mol. The first-order valence-electron chi connectivity index (χ1n) is 10.2. The molecular formula is C20H32N4O2. The summed E-state index contributed by atoms with van der Waals surface area (Å²) in [4.78, 5) is 14.3. The number of hydrogen-bond acceptors (Lipinski definition) is 4. The van der Waals surface area contributed by atoms with Gasteiger partial charge in [-0.25, -0.2) is 0 Å². The van der Waals surface area contributed by atoms with Crippen LogP contribution in [0, 0.1) is 5.92 Å². The molecule has 1 N–H and O–H groups in total. The second-order valence-corrected chi connectivity index (χ2v) is 8.38. The van der Waals surface area contributed by atoms with Crippen molar-refractivity contribution in [1.29, 1.82) is 0 Å². The Labute approximate surface area is 156 Å². The minimum absolute atomic E-state index is 0.0143. The maximum Gasteiger partial charge on any atom is 0.246 e. The molecule has 0 radical (unpaired) electrons. The Bertz CT molecular complexity index is 638. The maximum absolute atomic E-state index is 11.7. The van der Waals surface area contributed by atoms with E-state index >= 15 is 0 Å². The number of carbonyl (C=O) groups is 1. The van der Waals surface area contributed by atoms with Gasteiger partial charge in [0.05, 0.1) is 5.69 Å². The summed E-state index contributed by atoms with van der Waals surface area (Å²) in [5.74, 6) is 1.96. The van der Waals surface area contributed by atoms with Crippen LogP contribution in [0.15, 0.2) is 6.07 Å². The molecule has 4 fully saturated rings. The van der Waals surface area contributed by atoms with Crippen molar-refractivity contribution < 1.29 is 9.53 Å². The van der Waals surface area contributed by atoms with Crippen LogP contribution in [0.5, 0.6) is 0 Å². The van der Waals surface area contributed by atoms with Gasteiger partial charge in [0, 0.05) is 50.8 Å². The van der Waals surface area contributed by atoms with Gasteiger partial charge in [0.2, 0.25) is 5.91 Å². The van der Waals surface area contributed by atoms with Crippen molar-refractivity contribution in [3.8, 4) is 0 Å². The smallest absolute Gasteiger partial charge is 0.246 e. The second-order valence-electron chi connectivity index (χ2n) is 8.38. The zero-order chi connectivity index (χ0) is 18.1. The van der Waals surface area contributed by atoms with Crippen LogP contribution in [-0.4, -0.2) is 60.0 Å². The summed E-state index contributed by atoms with van der Waals surface area (Å²) in [6, 6.07) is 2.87. The highest BCUT2D eigenvalue weighted by molar-refractivity contribution is 5.77. The van der Waals surface area contributed by atoms with Gasteiger partial charge in [-0.2, -0.15) is 5.10 Å². The number of rotatable bonds is 6. The molecule has 3 aliphatic heterocycles. The van der Waals surface area contributed by atoms with E-state index in [9.17, 15) is 4.79 Å². The lowest BCUT2D eigenvalue weighted by atomic mass is 9.74. The number of hydrogen-bond donors (Lipinski definition) is 1. The number of aryl methyl sites for hydroxylation is 1. The third kappa shape index (κ3) is 3.54. The fraction of sp³-hybridized carbons (Fsp3) is 0.800. The molecular weight excluding hydrogens is 328 g/mol. The molecule has 1 aromatic rings. The predicted molar refractivity (Wildman–Crippen MR) is 100 cm³/mol. The first-order chi connectivity index (χ1) is 12.7. The second kappa shape index (κ2) is 7.69. The van der Waals surface area contributed by atoms with E-state index in [0.29, 0.717) is 23.8 Å². The van der Waals surface area contributed by atoms with E-state index in [0.717, 1.165) is 19.6 Å². The van der Waals surface area contributed by atoms with Crippen LogP contribution in [0.3, 0.4) is 0 Å². The predicted octanol–water partition coefficient (Wildman–Crippen LogP) is 2.02. The van der Waals surface area contributed by atoms with E-state index in [1.54, 1.807) is 7.11 Å². The third-order valence-corrected chi connectivity index (χ3v) is 6.78. The van der Waals surface area contributed by atoms with Crippen molar-refractivity contribution in [2.24, 2.45) is 13.0 Å². The van der Waals surface area contributed by atoms with Gasteiger partial charge in [-0.1, -0.05) is 12.8 Å². The molecule has 144 valence electrons. The molecule has 2 bridgehead atoms. The molecule has 26 heavy (non-hydrogen) atoms. The number of piperidine rings is 3. The summed E-state index contributed by atoms with van der Waals surface area (Å²) >= 11 is 0. The van der Waals surface area contributed by atoms with E-state index in [1.165, 1.54) is 49.9 Å². The molecule has 6 heteroatoms. The van der Waals surface area contributed by atoms with Gasteiger partial charge < -0.3 is 10.1 Å². The summed E-state index contributed by atoms with van der Waals surface area (Å²) < 4.78 is 7.05. The molecule has 1 unspecified atom stereocenters. The van der Waals surface area contributed by atoms with Crippen molar-refractivity contribution in [2.45, 2.75) is 56.4 Å². The van der Waals surface area contributed by atoms with Gasteiger partial charge in [0.1, 0.15) is 6.61 Å². The monoisotopic (exact) mass is 360 g/mol. The molecule has 1 amide bonds. The van der Waals surface area contributed by atoms with Gasteiger partial charge in [-0.05, 0) is 44.2 Å². The molecule has 3 saturated heterocycles. The first-order valence-corrected chi connectivity index (χ1v) is 10.2. The maximum atomic E-state index is 11.7. The molecule has 4 atom stereocenters. The lowest BCUT2D eigenvalue weighted by Gasteiger charge is -2.50. The summed E-state index contributed by atoms with van der Waals surface area (Å²) in [6.07, 6.45) is 7.75. The summed E-state index contributed by atoms with van der Waals surface area (Å²) in [7, 11) is 3.68. The van der Waals surface area contributed by atoms with Crippen molar-refractivity contribution in [3.05, 3.63) is 17.5 Å². The van der Waals surface area contributed by atoms with Crippen molar-refractivity contribution in [1.82, 2.24) is 20.0 Å². The molecule has 0 spiro atoms. The first kappa shape index (κ1) is 18.0. The van der Waals surface area contributed by atoms with Gasteiger partial charge >= 0.3 is 0 Å². The fourth-order valence-corrected chi connectivity index (χ4v) is 5.37. The normalized spacial score (nSPS) is 31.5. The van der Waals surface area contributed by atoms with Crippen molar-refractivity contribution in [2.75, 3.05) is 33.4 Å². The van der Waals surface area contributed by atoms with Gasteiger partial charge in [-0.3, -0.25) is 14.4 Å². The fourth-order valence-electron chi connectivity index (χ4n) is 5.37. The molecule has 4 heterocycles. The van der Waals surface area contributed by atoms with Crippen LogP contribution in [0.25, 0.3) is 0 Å². The van der Waals surface area contributed by atoms with E-state index in [4.69, 9.17) is 9.84 Å². The lowest BCUT2D eigenvalue weighted by Crippen LogP contribution is -2.56. The van der Waals surface area contributed by atoms with Crippen LogP contribution in [0.1, 0.15) is 61.7 Å². The number of methoxy groups -OCH3 is 1. The number of ether oxygens (including phenoxy) is 1. The number of nitrogens with zero attached hydrogens (tertiary/aromatic N) is 3. The van der Waals surface area contributed by atoms with E-state index in [1.807, 2.05) is 0 Å². The Balaban J connectivity index is 1.40.